The number of methoxy groups -OCH3 is 1. The van der Waals surface area contributed by atoms with Gasteiger partial charge in [-0.1, -0.05) is 55.5 Å². The van der Waals surface area contributed by atoms with Crippen LogP contribution in [0.5, 0.6) is 5.75 Å². The number of rotatable bonds is 7. The molecule has 0 aliphatic carbocycles. The van der Waals surface area contributed by atoms with Crippen molar-refractivity contribution in [1.82, 2.24) is 4.90 Å². The quantitative estimate of drug-likeness (QED) is 0.173. The molecule has 46 heavy (non-hydrogen) atoms. The summed E-state index contributed by atoms with van der Waals surface area (Å²) in [5.41, 5.74) is 4.52. The number of benzene rings is 4. The molecule has 1 N–H and O–H groups in total. The SMILES string of the molecule is CO[C@@H]1c2cc(N3C(=O)c4cccc5cccc3c45)ccc2O[C@H](C(CC(=O)N2Cc3ccccc3C[C@H]2CO)[Si](C)(C)F)[C@H]1C. The number of fused-ring (bicyclic) bond motifs is 2. The third-order valence-electron chi connectivity index (χ3n) is 10.2. The summed E-state index contributed by atoms with van der Waals surface area (Å²) in [5.74, 6) is 0.0215. The zero-order valence-corrected chi connectivity index (χ0v) is 27.6. The average molecular weight is 639 g/mol. The van der Waals surface area contributed by atoms with Crippen LogP contribution in [0.4, 0.5) is 15.5 Å². The maximum absolute atomic E-state index is 16.3. The molecule has 0 saturated carbocycles. The van der Waals surface area contributed by atoms with Crippen LogP contribution >= 0.6 is 0 Å². The number of aliphatic hydroxyl groups excluding tert-OH is 1. The predicted octanol–water partition coefficient (Wildman–Crippen LogP) is 7.10. The number of ether oxygens (including phenoxy) is 2. The minimum atomic E-state index is -3.46. The van der Waals surface area contributed by atoms with Gasteiger partial charge in [0.05, 0.1) is 30.0 Å². The summed E-state index contributed by atoms with van der Waals surface area (Å²) >= 11 is 0. The zero-order chi connectivity index (χ0) is 32.3. The van der Waals surface area contributed by atoms with E-state index in [1.165, 1.54) is 0 Å². The highest BCUT2D eigenvalue weighted by molar-refractivity contribution is 6.72. The number of aliphatic hydroxyl groups is 1. The van der Waals surface area contributed by atoms with Crippen LogP contribution in [0.3, 0.4) is 0 Å². The summed E-state index contributed by atoms with van der Waals surface area (Å²) in [4.78, 5) is 31.0. The summed E-state index contributed by atoms with van der Waals surface area (Å²) in [6.45, 7) is 5.48. The van der Waals surface area contributed by atoms with Crippen molar-refractivity contribution in [3.05, 3.63) is 101 Å². The second-order valence-corrected chi connectivity index (χ2v) is 17.2. The Labute approximate surface area is 269 Å². The molecule has 3 heterocycles. The Kier molecular flexibility index (Phi) is 7.74. The van der Waals surface area contributed by atoms with Crippen LogP contribution in [0, 0.1) is 5.92 Å². The van der Waals surface area contributed by atoms with Crippen LogP contribution in [-0.2, 0) is 22.5 Å². The summed E-state index contributed by atoms with van der Waals surface area (Å²) in [5, 5.41) is 12.1. The van der Waals surface area contributed by atoms with Crippen molar-refractivity contribution in [2.45, 2.75) is 63.2 Å². The van der Waals surface area contributed by atoms with Gasteiger partial charge in [0.2, 0.25) is 14.3 Å². The molecule has 3 aliphatic heterocycles. The van der Waals surface area contributed by atoms with E-state index in [1.54, 1.807) is 30.0 Å². The third kappa shape index (κ3) is 5.01. The molecule has 7 rings (SSSR count). The molecule has 0 spiro atoms. The highest BCUT2D eigenvalue weighted by atomic mass is 28.4. The lowest BCUT2D eigenvalue weighted by atomic mass is 9.86. The number of carbonyl (C=O) groups is 2. The smallest absolute Gasteiger partial charge is 0.263 e. The first-order valence-electron chi connectivity index (χ1n) is 16.0. The van der Waals surface area contributed by atoms with Crippen molar-refractivity contribution >= 4 is 42.4 Å². The Morgan fingerprint density at radius 3 is 2.52 bits per heavy atom. The van der Waals surface area contributed by atoms with Gasteiger partial charge in [-0.2, -0.15) is 0 Å². The number of hydrogen-bond acceptors (Lipinski definition) is 5. The largest absolute Gasteiger partial charge is 0.490 e. The monoisotopic (exact) mass is 638 g/mol. The Bertz CT molecular complexity index is 1840. The predicted molar refractivity (Wildman–Crippen MR) is 179 cm³/mol. The lowest BCUT2D eigenvalue weighted by Gasteiger charge is -2.44. The third-order valence-corrected chi connectivity index (χ3v) is 12.5. The maximum atomic E-state index is 16.3. The van der Waals surface area contributed by atoms with Crippen LogP contribution in [0.15, 0.2) is 78.9 Å². The molecule has 4 aromatic rings. The summed E-state index contributed by atoms with van der Waals surface area (Å²) in [6.07, 6.45) is -0.491. The van der Waals surface area contributed by atoms with Gasteiger partial charge in [0, 0.05) is 48.2 Å². The number of anilines is 2. The van der Waals surface area contributed by atoms with E-state index in [0.717, 1.165) is 33.2 Å². The van der Waals surface area contributed by atoms with Gasteiger partial charge in [-0.25, -0.2) is 0 Å². The Hall–Kier alpha value is -4.05. The van der Waals surface area contributed by atoms with Gasteiger partial charge in [-0.15, -0.1) is 0 Å². The van der Waals surface area contributed by atoms with E-state index in [1.807, 2.05) is 85.8 Å². The van der Waals surface area contributed by atoms with E-state index in [2.05, 4.69) is 0 Å². The van der Waals surface area contributed by atoms with Gasteiger partial charge < -0.3 is 23.6 Å². The zero-order valence-electron chi connectivity index (χ0n) is 26.6. The molecule has 4 aromatic carbocycles. The van der Waals surface area contributed by atoms with Crippen molar-refractivity contribution in [2.24, 2.45) is 5.92 Å². The molecule has 9 heteroatoms. The van der Waals surface area contributed by atoms with Crippen molar-refractivity contribution in [2.75, 3.05) is 18.6 Å². The number of carbonyl (C=O) groups excluding carboxylic acids is 2. The van der Waals surface area contributed by atoms with Gasteiger partial charge in [0.15, 0.2) is 0 Å². The molecule has 238 valence electrons. The van der Waals surface area contributed by atoms with Gasteiger partial charge >= 0.3 is 0 Å². The first kappa shape index (κ1) is 30.6. The molecule has 2 amide bonds. The van der Waals surface area contributed by atoms with E-state index < -0.39 is 26.2 Å². The van der Waals surface area contributed by atoms with E-state index in [0.29, 0.717) is 30.0 Å². The highest BCUT2D eigenvalue weighted by Gasteiger charge is 2.49. The fourth-order valence-corrected chi connectivity index (χ4v) is 9.59. The summed E-state index contributed by atoms with van der Waals surface area (Å²) in [7, 11) is -1.83. The standard InChI is InChI=1S/C37H39FN2O5Si/c1-22-35(44-2)29-18-26(40-30-14-8-12-23-11-7-13-28(34(23)30)37(40)43)15-16-31(29)45-36(22)32(46(3,4)38)19-33(42)39-20-25-10-6-5-9-24(25)17-27(39)21-41/h5-16,18,22,27,32,35-36,41H,17,19-21H2,1-4H3/t22-,27-,32?,35-,36-/m0/s1. The van der Waals surface area contributed by atoms with E-state index >= 15 is 4.11 Å². The van der Waals surface area contributed by atoms with Gasteiger partial charge in [0.1, 0.15) is 11.9 Å². The van der Waals surface area contributed by atoms with Crippen LogP contribution in [-0.4, -0.2) is 56.1 Å². The molecule has 5 atom stereocenters. The maximum Gasteiger partial charge on any atom is 0.263 e. The second-order valence-electron chi connectivity index (χ2n) is 13.3. The van der Waals surface area contributed by atoms with Crippen LogP contribution in [0.1, 0.15) is 46.5 Å². The van der Waals surface area contributed by atoms with E-state index in [-0.39, 0.29) is 36.8 Å². The topological polar surface area (TPSA) is 79.3 Å². The van der Waals surface area contributed by atoms with Gasteiger partial charge in [-0.05, 0) is 66.4 Å². The molecule has 0 fully saturated rings. The molecule has 0 saturated heterocycles. The highest BCUT2D eigenvalue weighted by Crippen LogP contribution is 2.50. The molecule has 0 bridgehead atoms. The molecule has 3 aliphatic rings. The summed E-state index contributed by atoms with van der Waals surface area (Å²) < 4.78 is 28.9. The molecular formula is C37H39FN2O5Si. The van der Waals surface area contributed by atoms with Crippen LogP contribution < -0.4 is 9.64 Å². The lowest BCUT2D eigenvalue weighted by molar-refractivity contribution is -0.136. The van der Waals surface area contributed by atoms with E-state index in [9.17, 15) is 14.7 Å². The minimum Gasteiger partial charge on any atom is -0.490 e. The average Bonchev–Trinajstić information content (AvgIpc) is 3.34. The van der Waals surface area contributed by atoms with E-state index in [4.69, 9.17) is 9.47 Å². The lowest BCUT2D eigenvalue weighted by Crippen LogP contribution is -2.50. The molecule has 7 nitrogen and oxygen atoms in total. The van der Waals surface area contributed by atoms with Crippen molar-refractivity contribution in [3.63, 3.8) is 0 Å². The molecular weight excluding hydrogens is 600 g/mol. The number of halogens is 1. The number of amides is 2. The fraction of sp³-hybridized carbons (Fsp3) is 0.351. The Morgan fingerprint density at radius 2 is 1.80 bits per heavy atom. The van der Waals surface area contributed by atoms with Gasteiger partial charge in [0.25, 0.3) is 5.91 Å². The minimum absolute atomic E-state index is 0.0161. The molecule has 1 unspecified atom stereocenters. The number of hydrogen-bond donors (Lipinski definition) is 1. The van der Waals surface area contributed by atoms with Crippen molar-refractivity contribution < 1.29 is 28.3 Å². The Morgan fingerprint density at radius 1 is 1.07 bits per heavy atom. The molecule has 0 radical (unpaired) electrons. The Balaban J connectivity index is 1.19. The fourth-order valence-electron chi connectivity index (χ4n) is 7.77. The normalized spacial score (nSPS) is 22.8. The first-order valence-corrected chi connectivity index (χ1v) is 18.9. The number of nitrogens with zero attached hydrogens (tertiary/aromatic N) is 2. The molecule has 0 aromatic heterocycles. The first-order chi connectivity index (χ1) is 22.1. The van der Waals surface area contributed by atoms with Crippen molar-refractivity contribution in [1.29, 1.82) is 0 Å². The van der Waals surface area contributed by atoms with Crippen LogP contribution in [0.2, 0.25) is 18.6 Å². The summed E-state index contributed by atoms with van der Waals surface area (Å²) in [6, 6.07) is 24.9. The van der Waals surface area contributed by atoms with Gasteiger partial charge in [-0.3, -0.25) is 14.5 Å². The van der Waals surface area contributed by atoms with Crippen LogP contribution in [0.25, 0.3) is 10.8 Å². The second kappa shape index (κ2) is 11.6. The van der Waals surface area contributed by atoms with Crippen molar-refractivity contribution in [3.8, 4) is 5.75 Å².